The molecular weight excluding hydrogens is 188 g/mol. The Bertz CT molecular complexity index is 198. The monoisotopic (exact) mass is 214 g/mol. The lowest BCUT2D eigenvalue weighted by atomic mass is 10.0. The van der Waals surface area contributed by atoms with Crippen molar-refractivity contribution in [3.05, 3.63) is 0 Å². The number of rotatable bonds is 5. The van der Waals surface area contributed by atoms with Gasteiger partial charge in [-0.25, -0.2) is 0 Å². The van der Waals surface area contributed by atoms with Crippen LogP contribution in [0.4, 0.5) is 0 Å². The molecule has 1 rings (SSSR count). The summed E-state index contributed by atoms with van der Waals surface area (Å²) in [5.41, 5.74) is -0.146. The van der Waals surface area contributed by atoms with Gasteiger partial charge >= 0.3 is 0 Å². The van der Waals surface area contributed by atoms with Crippen molar-refractivity contribution < 1.29 is 5.11 Å². The molecule has 15 heavy (non-hydrogen) atoms. The summed E-state index contributed by atoms with van der Waals surface area (Å²) in [5, 5.41) is 12.8. The molecule has 1 saturated heterocycles. The topological polar surface area (TPSA) is 35.5 Å². The summed E-state index contributed by atoms with van der Waals surface area (Å²) in [7, 11) is 0. The van der Waals surface area contributed by atoms with Gasteiger partial charge in [-0.05, 0) is 32.7 Å². The Morgan fingerprint density at radius 2 is 2.13 bits per heavy atom. The van der Waals surface area contributed by atoms with Crippen molar-refractivity contribution in [1.82, 2.24) is 10.2 Å². The van der Waals surface area contributed by atoms with Gasteiger partial charge < -0.3 is 10.4 Å². The van der Waals surface area contributed by atoms with Crippen LogP contribution in [0.1, 0.15) is 34.1 Å². The van der Waals surface area contributed by atoms with Crippen LogP contribution in [0.25, 0.3) is 0 Å². The molecule has 3 unspecified atom stereocenters. The Morgan fingerprint density at radius 1 is 1.47 bits per heavy atom. The fourth-order valence-electron chi connectivity index (χ4n) is 2.64. The molecule has 1 aliphatic heterocycles. The van der Waals surface area contributed by atoms with Crippen molar-refractivity contribution in [2.75, 3.05) is 26.2 Å². The molecule has 0 aromatic carbocycles. The maximum absolute atomic E-state index is 9.44. The molecular formula is C12H26N2O. The summed E-state index contributed by atoms with van der Waals surface area (Å²) in [6, 6.07) is 0.657. The van der Waals surface area contributed by atoms with Crippen molar-refractivity contribution in [3.8, 4) is 0 Å². The van der Waals surface area contributed by atoms with Crippen LogP contribution in [0.3, 0.4) is 0 Å². The zero-order valence-electron chi connectivity index (χ0n) is 10.6. The second-order valence-electron chi connectivity index (χ2n) is 5.37. The number of nitrogens with one attached hydrogen (secondary N) is 1. The first kappa shape index (κ1) is 12.9. The van der Waals surface area contributed by atoms with E-state index >= 15 is 0 Å². The Labute approximate surface area is 93.9 Å². The Hall–Kier alpha value is -0.120. The van der Waals surface area contributed by atoms with Crippen LogP contribution >= 0.6 is 0 Å². The highest BCUT2D eigenvalue weighted by Gasteiger charge is 2.32. The van der Waals surface area contributed by atoms with Crippen LogP contribution in [0, 0.1) is 5.92 Å². The van der Waals surface area contributed by atoms with Crippen LogP contribution in [0.5, 0.6) is 0 Å². The van der Waals surface area contributed by atoms with Crippen LogP contribution in [0.15, 0.2) is 0 Å². The van der Waals surface area contributed by atoms with E-state index in [1.54, 1.807) is 0 Å². The van der Waals surface area contributed by atoms with Gasteiger partial charge in [0.1, 0.15) is 0 Å². The van der Waals surface area contributed by atoms with Crippen LogP contribution in [-0.4, -0.2) is 47.8 Å². The molecule has 0 amide bonds. The molecule has 3 atom stereocenters. The lowest BCUT2D eigenvalue weighted by molar-refractivity contribution is 0.117. The Kier molecular flexibility index (Phi) is 4.56. The van der Waals surface area contributed by atoms with E-state index in [0.29, 0.717) is 6.04 Å². The second-order valence-corrected chi connectivity index (χ2v) is 5.37. The van der Waals surface area contributed by atoms with Crippen molar-refractivity contribution in [2.45, 2.75) is 45.7 Å². The standard InChI is InChI=1S/C12H26N2O/c1-5-13-12(4,9-15)8-14-7-10(2)6-11(14)3/h10-11,13,15H,5-9H2,1-4H3. The minimum atomic E-state index is -0.146. The maximum Gasteiger partial charge on any atom is 0.0623 e. The van der Waals surface area contributed by atoms with Gasteiger partial charge in [0.2, 0.25) is 0 Å². The third-order valence-electron chi connectivity index (χ3n) is 3.42. The second kappa shape index (κ2) is 5.28. The summed E-state index contributed by atoms with van der Waals surface area (Å²) in [6.07, 6.45) is 1.29. The molecule has 0 spiro atoms. The quantitative estimate of drug-likeness (QED) is 0.719. The third-order valence-corrected chi connectivity index (χ3v) is 3.42. The van der Waals surface area contributed by atoms with Gasteiger partial charge in [-0.15, -0.1) is 0 Å². The van der Waals surface area contributed by atoms with Crippen LogP contribution in [-0.2, 0) is 0 Å². The summed E-state index contributed by atoms with van der Waals surface area (Å²) >= 11 is 0. The minimum Gasteiger partial charge on any atom is -0.394 e. The first-order valence-electron chi connectivity index (χ1n) is 6.10. The van der Waals surface area contributed by atoms with Crippen molar-refractivity contribution in [1.29, 1.82) is 0 Å². The minimum absolute atomic E-state index is 0.146. The number of hydrogen-bond acceptors (Lipinski definition) is 3. The van der Waals surface area contributed by atoms with Gasteiger partial charge in [-0.3, -0.25) is 4.90 Å². The molecule has 0 aromatic heterocycles. The van der Waals surface area contributed by atoms with Crippen LogP contribution < -0.4 is 5.32 Å². The van der Waals surface area contributed by atoms with Crippen molar-refractivity contribution in [2.24, 2.45) is 5.92 Å². The normalized spacial score (nSPS) is 31.8. The van der Waals surface area contributed by atoms with E-state index in [9.17, 15) is 5.11 Å². The molecule has 0 saturated carbocycles. The van der Waals surface area contributed by atoms with E-state index in [-0.39, 0.29) is 12.1 Å². The average Bonchev–Trinajstić information content (AvgIpc) is 2.45. The lowest BCUT2D eigenvalue weighted by Gasteiger charge is -2.35. The molecule has 3 nitrogen and oxygen atoms in total. The highest BCUT2D eigenvalue weighted by atomic mass is 16.3. The molecule has 1 aliphatic rings. The maximum atomic E-state index is 9.44. The first-order valence-corrected chi connectivity index (χ1v) is 6.10. The molecule has 2 N–H and O–H groups in total. The SMILES string of the molecule is CCNC(C)(CO)CN1CC(C)CC1C. The number of likely N-dealkylation sites (N-methyl/N-ethyl adjacent to an activating group) is 1. The average molecular weight is 214 g/mol. The number of nitrogens with zero attached hydrogens (tertiary/aromatic N) is 1. The Morgan fingerprint density at radius 3 is 2.53 bits per heavy atom. The predicted octanol–water partition coefficient (Wildman–Crippen LogP) is 1.08. The number of aliphatic hydroxyl groups is 1. The van der Waals surface area contributed by atoms with Gasteiger partial charge in [0.25, 0.3) is 0 Å². The van der Waals surface area contributed by atoms with Gasteiger partial charge in [-0.2, -0.15) is 0 Å². The number of likely N-dealkylation sites (tertiary alicyclic amines) is 1. The molecule has 0 bridgehead atoms. The van der Waals surface area contributed by atoms with E-state index in [0.717, 1.165) is 19.0 Å². The van der Waals surface area contributed by atoms with Gasteiger partial charge in [-0.1, -0.05) is 13.8 Å². The Balaban J connectivity index is 2.51. The molecule has 1 fully saturated rings. The molecule has 1 heterocycles. The van der Waals surface area contributed by atoms with Gasteiger partial charge in [0.15, 0.2) is 0 Å². The molecule has 0 aromatic rings. The van der Waals surface area contributed by atoms with Crippen LogP contribution in [0.2, 0.25) is 0 Å². The summed E-state index contributed by atoms with van der Waals surface area (Å²) < 4.78 is 0. The fourth-order valence-corrected chi connectivity index (χ4v) is 2.64. The zero-order chi connectivity index (χ0) is 11.5. The smallest absolute Gasteiger partial charge is 0.0623 e. The predicted molar refractivity (Wildman–Crippen MR) is 64.0 cm³/mol. The number of hydrogen-bond donors (Lipinski definition) is 2. The number of aliphatic hydroxyl groups excluding tert-OH is 1. The summed E-state index contributed by atoms with van der Waals surface area (Å²) in [5.74, 6) is 0.796. The van der Waals surface area contributed by atoms with E-state index in [1.807, 2.05) is 0 Å². The highest BCUT2D eigenvalue weighted by Crippen LogP contribution is 2.23. The zero-order valence-corrected chi connectivity index (χ0v) is 10.6. The molecule has 3 heteroatoms. The summed E-state index contributed by atoms with van der Waals surface area (Å²) in [6.45, 7) is 12.0. The largest absolute Gasteiger partial charge is 0.394 e. The van der Waals surface area contributed by atoms with E-state index < -0.39 is 0 Å². The fraction of sp³-hybridized carbons (Fsp3) is 1.00. The van der Waals surface area contributed by atoms with Gasteiger partial charge in [0.05, 0.1) is 12.1 Å². The highest BCUT2D eigenvalue weighted by molar-refractivity contribution is 4.90. The van der Waals surface area contributed by atoms with E-state index in [2.05, 4.69) is 37.9 Å². The van der Waals surface area contributed by atoms with E-state index in [1.165, 1.54) is 13.0 Å². The molecule has 0 radical (unpaired) electrons. The third kappa shape index (κ3) is 3.44. The van der Waals surface area contributed by atoms with Gasteiger partial charge in [0, 0.05) is 19.1 Å². The summed E-state index contributed by atoms with van der Waals surface area (Å²) in [4.78, 5) is 2.49. The van der Waals surface area contributed by atoms with Crippen molar-refractivity contribution in [3.63, 3.8) is 0 Å². The first-order chi connectivity index (χ1) is 7.00. The molecule has 90 valence electrons. The lowest BCUT2D eigenvalue weighted by Crippen LogP contribution is -2.54. The van der Waals surface area contributed by atoms with Crippen molar-refractivity contribution >= 4 is 0 Å². The van der Waals surface area contributed by atoms with E-state index in [4.69, 9.17) is 0 Å². The molecule has 0 aliphatic carbocycles.